The molecule has 1 aromatic rings. The van der Waals surface area contributed by atoms with Crippen LogP contribution in [0.15, 0.2) is 18.2 Å². The Kier molecular flexibility index (Phi) is 3.38. The van der Waals surface area contributed by atoms with E-state index in [1.807, 2.05) is 0 Å². The molecular formula is C11H12Cl2N2O. The van der Waals surface area contributed by atoms with Crippen molar-refractivity contribution in [2.45, 2.75) is 24.9 Å². The monoisotopic (exact) mass is 258 g/mol. The Morgan fingerprint density at radius 2 is 2.06 bits per heavy atom. The van der Waals surface area contributed by atoms with Gasteiger partial charge in [0.25, 0.3) is 5.91 Å². The second-order valence-electron chi connectivity index (χ2n) is 4.03. The molecule has 3 nitrogen and oxygen atoms in total. The Hall–Kier alpha value is -0.770. The van der Waals surface area contributed by atoms with E-state index in [2.05, 4.69) is 5.32 Å². The van der Waals surface area contributed by atoms with E-state index < -0.39 is 0 Å². The third-order valence-corrected chi connectivity index (χ3v) is 3.23. The number of halogens is 2. The minimum Gasteiger partial charge on any atom is -0.349 e. The minimum atomic E-state index is -0.168. The molecule has 0 spiro atoms. The highest BCUT2D eigenvalue weighted by molar-refractivity contribution is 6.36. The van der Waals surface area contributed by atoms with Crippen LogP contribution in [0.5, 0.6) is 0 Å². The Bertz CT molecular complexity index is 416. The molecule has 0 atom stereocenters. The first-order valence-electron chi connectivity index (χ1n) is 5.08. The smallest absolute Gasteiger partial charge is 0.253 e. The average molecular weight is 259 g/mol. The minimum absolute atomic E-state index is 0.168. The predicted molar refractivity (Wildman–Crippen MR) is 64.9 cm³/mol. The van der Waals surface area contributed by atoms with Gasteiger partial charge in [0.05, 0.1) is 10.6 Å². The van der Waals surface area contributed by atoms with Gasteiger partial charge in [0.1, 0.15) is 0 Å². The summed E-state index contributed by atoms with van der Waals surface area (Å²) in [7, 11) is 0. The van der Waals surface area contributed by atoms with Gasteiger partial charge >= 0.3 is 0 Å². The van der Waals surface area contributed by atoms with Crippen molar-refractivity contribution in [3.8, 4) is 0 Å². The Morgan fingerprint density at radius 3 is 2.62 bits per heavy atom. The van der Waals surface area contributed by atoms with Gasteiger partial charge in [0.15, 0.2) is 0 Å². The van der Waals surface area contributed by atoms with Crippen molar-refractivity contribution < 1.29 is 4.79 Å². The highest BCUT2D eigenvalue weighted by Crippen LogP contribution is 2.22. The molecule has 1 amide bonds. The first-order valence-corrected chi connectivity index (χ1v) is 5.83. The van der Waals surface area contributed by atoms with Crippen molar-refractivity contribution >= 4 is 29.1 Å². The zero-order valence-corrected chi connectivity index (χ0v) is 10.1. The van der Waals surface area contributed by atoms with E-state index in [9.17, 15) is 4.79 Å². The summed E-state index contributed by atoms with van der Waals surface area (Å²) in [4.78, 5) is 11.8. The van der Waals surface area contributed by atoms with E-state index in [1.165, 1.54) is 0 Å². The van der Waals surface area contributed by atoms with Crippen LogP contribution in [-0.2, 0) is 0 Å². The molecule has 16 heavy (non-hydrogen) atoms. The van der Waals surface area contributed by atoms with Crippen LogP contribution < -0.4 is 11.1 Å². The number of hydrogen-bond acceptors (Lipinski definition) is 2. The average Bonchev–Trinajstić information content (AvgIpc) is 2.15. The summed E-state index contributed by atoms with van der Waals surface area (Å²) in [5.41, 5.74) is 6.09. The fraction of sp³-hybridized carbons (Fsp3) is 0.364. The summed E-state index contributed by atoms with van der Waals surface area (Å²) in [5, 5.41) is 3.77. The van der Waals surface area contributed by atoms with Gasteiger partial charge in [-0.05, 0) is 31.0 Å². The van der Waals surface area contributed by atoms with Crippen molar-refractivity contribution in [2.24, 2.45) is 5.73 Å². The molecule has 5 heteroatoms. The third kappa shape index (κ3) is 2.48. The fourth-order valence-electron chi connectivity index (χ4n) is 1.72. The van der Waals surface area contributed by atoms with Gasteiger partial charge in [0.2, 0.25) is 0 Å². The zero-order chi connectivity index (χ0) is 11.7. The van der Waals surface area contributed by atoms with Crippen molar-refractivity contribution in [2.75, 3.05) is 0 Å². The van der Waals surface area contributed by atoms with Crippen LogP contribution in [0.4, 0.5) is 0 Å². The maximum Gasteiger partial charge on any atom is 0.253 e. The van der Waals surface area contributed by atoms with E-state index >= 15 is 0 Å². The van der Waals surface area contributed by atoms with Crippen LogP contribution in [-0.4, -0.2) is 18.0 Å². The van der Waals surface area contributed by atoms with E-state index in [0.717, 1.165) is 12.8 Å². The van der Waals surface area contributed by atoms with Crippen molar-refractivity contribution in [1.82, 2.24) is 5.32 Å². The van der Waals surface area contributed by atoms with E-state index in [0.29, 0.717) is 15.6 Å². The molecule has 1 aliphatic carbocycles. The van der Waals surface area contributed by atoms with Gasteiger partial charge in [-0.2, -0.15) is 0 Å². The Balaban J connectivity index is 2.03. The maximum atomic E-state index is 11.8. The topological polar surface area (TPSA) is 55.1 Å². The first kappa shape index (κ1) is 11.7. The maximum absolute atomic E-state index is 11.8. The summed E-state index contributed by atoms with van der Waals surface area (Å²) in [6.07, 6.45) is 1.66. The molecule has 1 saturated carbocycles. The summed E-state index contributed by atoms with van der Waals surface area (Å²) >= 11 is 11.7. The second-order valence-corrected chi connectivity index (χ2v) is 4.87. The van der Waals surface area contributed by atoms with Crippen LogP contribution in [0.3, 0.4) is 0 Å². The fourth-order valence-corrected chi connectivity index (χ4v) is 2.21. The first-order chi connectivity index (χ1) is 7.56. The molecule has 0 saturated heterocycles. The molecule has 1 aliphatic rings. The number of rotatable bonds is 2. The molecule has 1 aromatic carbocycles. The van der Waals surface area contributed by atoms with Gasteiger partial charge in [0, 0.05) is 17.1 Å². The molecule has 0 unspecified atom stereocenters. The lowest BCUT2D eigenvalue weighted by atomic mass is 9.87. The van der Waals surface area contributed by atoms with Gasteiger partial charge in [-0.1, -0.05) is 23.2 Å². The number of nitrogens with one attached hydrogen (secondary N) is 1. The van der Waals surface area contributed by atoms with Crippen LogP contribution in [0, 0.1) is 0 Å². The standard InChI is InChI=1S/C11H12Cl2N2O/c12-6-1-2-9(10(13)3-6)11(16)15-8-4-7(14)5-8/h1-3,7-8H,4-5,14H2,(H,15,16). The van der Waals surface area contributed by atoms with Gasteiger partial charge < -0.3 is 11.1 Å². The summed E-state index contributed by atoms with van der Waals surface area (Å²) in [5.74, 6) is -0.168. The largest absolute Gasteiger partial charge is 0.349 e. The van der Waals surface area contributed by atoms with Crippen molar-refractivity contribution in [3.63, 3.8) is 0 Å². The molecule has 86 valence electrons. The van der Waals surface area contributed by atoms with Gasteiger partial charge in [-0.3, -0.25) is 4.79 Å². The highest BCUT2D eigenvalue weighted by atomic mass is 35.5. The molecular weight excluding hydrogens is 247 g/mol. The molecule has 3 N–H and O–H groups in total. The molecule has 2 rings (SSSR count). The molecule has 0 bridgehead atoms. The van der Waals surface area contributed by atoms with E-state index in [1.54, 1.807) is 18.2 Å². The summed E-state index contributed by atoms with van der Waals surface area (Å²) in [6.45, 7) is 0. The normalized spacial score (nSPS) is 23.7. The Labute approximate surface area is 104 Å². The summed E-state index contributed by atoms with van der Waals surface area (Å²) < 4.78 is 0. The number of nitrogens with two attached hydrogens (primary N) is 1. The quantitative estimate of drug-likeness (QED) is 0.855. The molecule has 0 aromatic heterocycles. The third-order valence-electron chi connectivity index (χ3n) is 2.69. The number of carbonyl (C=O) groups is 1. The zero-order valence-electron chi connectivity index (χ0n) is 8.54. The van der Waals surface area contributed by atoms with Crippen LogP contribution in [0.2, 0.25) is 10.0 Å². The lowest BCUT2D eigenvalue weighted by Crippen LogP contribution is -2.50. The SMILES string of the molecule is NC1CC(NC(=O)c2ccc(Cl)cc2Cl)C1. The second kappa shape index (κ2) is 4.62. The number of hydrogen-bond donors (Lipinski definition) is 2. The molecule has 0 aliphatic heterocycles. The van der Waals surface area contributed by atoms with E-state index in [-0.39, 0.29) is 18.0 Å². The van der Waals surface area contributed by atoms with Crippen LogP contribution >= 0.6 is 23.2 Å². The van der Waals surface area contributed by atoms with E-state index in [4.69, 9.17) is 28.9 Å². The van der Waals surface area contributed by atoms with Crippen LogP contribution in [0.1, 0.15) is 23.2 Å². The van der Waals surface area contributed by atoms with Gasteiger partial charge in [-0.15, -0.1) is 0 Å². The number of amides is 1. The Morgan fingerprint density at radius 1 is 1.38 bits per heavy atom. The lowest BCUT2D eigenvalue weighted by Gasteiger charge is -2.33. The lowest BCUT2D eigenvalue weighted by molar-refractivity contribution is 0.0910. The summed E-state index contributed by atoms with van der Waals surface area (Å²) in [6, 6.07) is 5.22. The van der Waals surface area contributed by atoms with Gasteiger partial charge in [-0.25, -0.2) is 0 Å². The number of benzene rings is 1. The van der Waals surface area contributed by atoms with Crippen LogP contribution in [0.25, 0.3) is 0 Å². The van der Waals surface area contributed by atoms with Crippen molar-refractivity contribution in [3.05, 3.63) is 33.8 Å². The molecule has 0 heterocycles. The molecule has 0 radical (unpaired) electrons. The highest BCUT2D eigenvalue weighted by Gasteiger charge is 2.27. The predicted octanol–water partition coefficient (Wildman–Crippen LogP) is 2.21. The molecule has 1 fully saturated rings. The van der Waals surface area contributed by atoms with Crippen molar-refractivity contribution in [1.29, 1.82) is 0 Å². The number of carbonyl (C=O) groups excluding carboxylic acids is 1.